The van der Waals surface area contributed by atoms with Gasteiger partial charge in [-0.2, -0.15) is 0 Å². The third-order valence-electron chi connectivity index (χ3n) is 4.74. The maximum absolute atomic E-state index is 13.3. The predicted molar refractivity (Wildman–Crippen MR) is 134 cm³/mol. The number of para-hydroxylation sites is 1. The molecule has 0 aromatic heterocycles. The fraction of sp³-hybridized carbons (Fsp3) is 0.0357. The van der Waals surface area contributed by atoms with E-state index in [9.17, 15) is 4.79 Å². The standard InChI is InChI=1S/C28H21ClO2S/c1-20-7-17-26(18-8-20)32-27(28(30)22-11-13-23(29)14-12-22)19-21-9-15-25(16-10-21)31-24-5-3-2-4-6-24/h2-19H,1H3. The molecule has 4 aromatic rings. The van der Waals surface area contributed by atoms with Crippen molar-refractivity contribution in [3.63, 3.8) is 0 Å². The molecule has 4 aromatic carbocycles. The molecule has 158 valence electrons. The highest BCUT2D eigenvalue weighted by Crippen LogP contribution is 2.32. The van der Waals surface area contributed by atoms with Crippen LogP contribution in [-0.4, -0.2) is 5.78 Å². The number of carbonyl (C=O) groups excluding carboxylic acids is 1. The Labute approximate surface area is 197 Å². The first-order valence-corrected chi connectivity index (χ1v) is 11.4. The van der Waals surface area contributed by atoms with Gasteiger partial charge in [0.2, 0.25) is 0 Å². The summed E-state index contributed by atoms with van der Waals surface area (Å²) in [5.41, 5.74) is 2.70. The molecule has 0 fully saturated rings. The van der Waals surface area contributed by atoms with Crippen LogP contribution in [0, 0.1) is 6.92 Å². The van der Waals surface area contributed by atoms with Crippen molar-refractivity contribution in [2.24, 2.45) is 0 Å². The van der Waals surface area contributed by atoms with E-state index in [4.69, 9.17) is 16.3 Å². The van der Waals surface area contributed by atoms with Gasteiger partial charge < -0.3 is 4.74 Å². The number of ether oxygens (including phenoxy) is 1. The molecule has 0 spiro atoms. The lowest BCUT2D eigenvalue weighted by atomic mass is 10.1. The average Bonchev–Trinajstić information content (AvgIpc) is 2.82. The zero-order chi connectivity index (χ0) is 22.3. The lowest BCUT2D eigenvalue weighted by molar-refractivity contribution is 0.104. The normalized spacial score (nSPS) is 11.2. The topological polar surface area (TPSA) is 26.3 Å². The molecule has 0 bridgehead atoms. The van der Waals surface area contributed by atoms with Crippen LogP contribution in [0.4, 0.5) is 0 Å². The molecule has 4 heteroatoms. The fourth-order valence-electron chi connectivity index (χ4n) is 3.03. The maximum Gasteiger partial charge on any atom is 0.199 e. The first kappa shape index (κ1) is 21.9. The average molecular weight is 457 g/mol. The molecular formula is C28H21ClO2S. The largest absolute Gasteiger partial charge is 0.457 e. The van der Waals surface area contributed by atoms with E-state index in [0.717, 1.165) is 22.0 Å². The molecule has 32 heavy (non-hydrogen) atoms. The van der Waals surface area contributed by atoms with Gasteiger partial charge in [0.25, 0.3) is 0 Å². The van der Waals surface area contributed by atoms with E-state index >= 15 is 0 Å². The second kappa shape index (κ2) is 10.4. The van der Waals surface area contributed by atoms with Crippen LogP contribution in [0.1, 0.15) is 21.5 Å². The van der Waals surface area contributed by atoms with E-state index in [-0.39, 0.29) is 5.78 Å². The summed E-state index contributed by atoms with van der Waals surface area (Å²) in [6.45, 7) is 2.04. The molecule has 0 saturated heterocycles. The molecule has 0 radical (unpaired) electrons. The van der Waals surface area contributed by atoms with Gasteiger partial charge in [0.15, 0.2) is 5.78 Å². The highest BCUT2D eigenvalue weighted by molar-refractivity contribution is 8.04. The first-order valence-electron chi connectivity index (χ1n) is 10.2. The van der Waals surface area contributed by atoms with Gasteiger partial charge in [-0.3, -0.25) is 4.79 Å². The Morgan fingerprint density at radius 2 is 1.41 bits per heavy atom. The van der Waals surface area contributed by atoms with Crippen LogP contribution < -0.4 is 4.74 Å². The highest BCUT2D eigenvalue weighted by atomic mass is 35.5. The summed E-state index contributed by atoms with van der Waals surface area (Å²) >= 11 is 7.45. The molecule has 0 atom stereocenters. The van der Waals surface area contributed by atoms with Crippen molar-refractivity contribution >= 4 is 35.2 Å². The van der Waals surface area contributed by atoms with E-state index in [1.807, 2.05) is 91.9 Å². The van der Waals surface area contributed by atoms with E-state index in [1.165, 1.54) is 17.3 Å². The highest BCUT2D eigenvalue weighted by Gasteiger charge is 2.14. The van der Waals surface area contributed by atoms with Crippen LogP contribution >= 0.6 is 23.4 Å². The van der Waals surface area contributed by atoms with Crippen molar-refractivity contribution in [3.05, 3.63) is 130 Å². The van der Waals surface area contributed by atoms with Gasteiger partial charge in [0, 0.05) is 15.5 Å². The molecule has 0 aliphatic rings. The van der Waals surface area contributed by atoms with Gasteiger partial charge >= 0.3 is 0 Å². The van der Waals surface area contributed by atoms with Crippen LogP contribution in [0.25, 0.3) is 6.08 Å². The number of halogens is 1. The number of hydrogen-bond acceptors (Lipinski definition) is 3. The van der Waals surface area contributed by atoms with Gasteiger partial charge in [-0.05, 0) is 79.2 Å². The molecule has 0 heterocycles. The minimum absolute atomic E-state index is 0.0446. The van der Waals surface area contributed by atoms with Crippen LogP contribution in [0.3, 0.4) is 0 Å². The van der Waals surface area contributed by atoms with Crippen LogP contribution in [0.15, 0.2) is 113 Å². The Hall–Kier alpha value is -3.27. The Kier molecular flexibility index (Phi) is 7.10. The SMILES string of the molecule is Cc1ccc(SC(=Cc2ccc(Oc3ccccc3)cc2)C(=O)c2ccc(Cl)cc2)cc1. The zero-order valence-electron chi connectivity index (χ0n) is 17.5. The molecule has 0 aliphatic carbocycles. The summed E-state index contributed by atoms with van der Waals surface area (Å²) in [5.74, 6) is 1.48. The van der Waals surface area contributed by atoms with Gasteiger partial charge in [-0.15, -0.1) is 0 Å². The quantitative estimate of drug-likeness (QED) is 0.158. The van der Waals surface area contributed by atoms with Crippen LogP contribution in [0.5, 0.6) is 11.5 Å². The van der Waals surface area contributed by atoms with Gasteiger partial charge in [-0.25, -0.2) is 0 Å². The number of Topliss-reactive ketones (excluding diaryl/α,β-unsaturated/α-hetero) is 1. The number of rotatable bonds is 7. The summed E-state index contributed by atoms with van der Waals surface area (Å²) in [4.78, 5) is 14.9. The lowest BCUT2D eigenvalue weighted by Crippen LogP contribution is -2.01. The minimum Gasteiger partial charge on any atom is -0.457 e. The van der Waals surface area contributed by atoms with Crippen molar-refractivity contribution < 1.29 is 9.53 Å². The van der Waals surface area contributed by atoms with Gasteiger partial charge in [0.1, 0.15) is 11.5 Å². The smallest absolute Gasteiger partial charge is 0.199 e. The fourth-order valence-corrected chi connectivity index (χ4v) is 4.08. The Morgan fingerprint density at radius 3 is 2.06 bits per heavy atom. The van der Waals surface area contributed by atoms with Crippen molar-refractivity contribution in [1.82, 2.24) is 0 Å². The number of allylic oxidation sites excluding steroid dienone is 1. The van der Waals surface area contributed by atoms with E-state index in [2.05, 4.69) is 0 Å². The number of aryl methyl sites for hydroxylation is 1. The molecule has 2 nitrogen and oxygen atoms in total. The van der Waals surface area contributed by atoms with E-state index in [1.54, 1.807) is 24.3 Å². The van der Waals surface area contributed by atoms with Crippen LogP contribution in [-0.2, 0) is 0 Å². The van der Waals surface area contributed by atoms with Crippen molar-refractivity contribution in [2.75, 3.05) is 0 Å². The summed E-state index contributed by atoms with van der Waals surface area (Å²) in [6, 6.07) is 32.5. The van der Waals surface area contributed by atoms with E-state index in [0.29, 0.717) is 15.5 Å². The number of hydrogen-bond donors (Lipinski definition) is 0. The molecular weight excluding hydrogens is 436 g/mol. The zero-order valence-corrected chi connectivity index (χ0v) is 19.1. The number of ketones is 1. The maximum atomic E-state index is 13.3. The van der Waals surface area contributed by atoms with Gasteiger partial charge in [0.05, 0.1) is 4.91 Å². The summed E-state index contributed by atoms with van der Waals surface area (Å²) in [5, 5.41) is 0.604. The summed E-state index contributed by atoms with van der Waals surface area (Å²) in [7, 11) is 0. The van der Waals surface area contributed by atoms with Crippen molar-refractivity contribution in [1.29, 1.82) is 0 Å². The molecule has 0 saturated carbocycles. The Morgan fingerprint density at radius 1 is 0.781 bits per heavy atom. The molecule has 0 unspecified atom stereocenters. The van der Waals surface area contributed by atoms with Crippen molar-refractivity contribution in [2.45, 2.75) is 11.8 Å². The Balaban J connectivity index is 1.61. The summed E-state index contributed by atoms with van der Waals surface area (Å²) < 4.78 is 5.87. The number of thioether (sulfide) groups is 1. The molecule has 0 N–H and O–H groups in total. The molecule has 0 aliphatic heterocycles. The van der Waals surface area contributed by atoms with E-state index < -0.39 is 0 Å². The third-order valence-corrected chi connectivity index (χ3v) is 6.02. The second-order valence-corrected chi connectivity index (χ2v) is 8.80. The number of carbonyl (C=O) groups is 1. The monoisotopic (exact) mass is 456 g/mol. The predicted octanol–water partition coefficient (Wildman–Crippen LogP) is 8.46. The summed E-state index contributed by atoms with van der Waals surface area (Å²) in [6.07, 6.45) is 1.91. The Bertz CT molecular complexity index is 1210. The van der Waals surface area contributed by atoms with Crippen molar-refractivity contribution in [3.8, 4) is 11.5 Å². The van der Waals surface area contributed by atoms with Gasteiger partial charge in [-0.1, -0.05) is 71.4 Å². The minimum atomic E-state index is -0.0446. The molecule has 0 amide bonds. The number of benzene rings is 4. The lowest BCUT2D eigenvalue weighted by Gasteiger charge is -2.09. The first-order chi connectivity index (χ1) is 15.6. The third kappa shape index (κ3) is 5.91. The second-order valence-electron chi connectivity index (χ2n) is 7.24. The van der Waals surface area contributed by atoms with Crippen LogP contribution in [0.2, 0.25) is 5.02 Å². The molecule has 4 rings (SSSR count).